The molecule has 1 nitrogen and oxygen atoms in total. The van der Waals surface area contributed by atoms with E-state index in [-0.39, 0.29) is 16.2 Å². The summed E-state index contributed by atoms with van der Waals surface area (Å²) in [4.78, 5) is 2.68. The molecule has 0 atom stereocenters. The molecule has 4 bridgehead atoms. The largest absolute Gasteiger partial charge is 0.310 e. The maximum atomic E-state index is 2.68. The predicted molar refractivity (Wildman–Crippen MR) is 197 cm³/mol. The molecule has 0 unspecified atom stereocenters. The van der Waals surface area contributed by atoms with Crippen molar-refractivity contribution in [1.29, 1.82) is 0 Å². The Hall–Kier alpha value is -3.84. The summed E-state index contributed by atoms with van der Waals surface area (Å²) in [6, 6.07) is 40.2. The maximum absolute atomic E-state index is 2.68. The van der Waals surface area contributed by atoms with Crippen molar-refractivity contribution in [3.63, 3.8) is 0 Å². The van der Waals surface area contributed by atoms with Gasteiger partial charge in [0.1, 0.15) is 0 Å². The van der Waals surface area contributed by atoms with Gasteiger partial charge in [0.15, 0.2) is 0 Å². The highest BCUT2D eigenvalue weighted by molar-refractivity contribution is 5.98. The fourth-order valence-electron chi connectivity index (χ4n) is 12.0. The van der Waals surface area contributed by atoms with Crippen LogP contribution in [-0.4, -0.2) is 0 Å². The molecule has 0 aliphatic heterocycles. The van der Waals surface area contributed by atoms with Crippen LogP contribution in [0.3, 0.4) is 0 Å². The molecule has 6 aliphatic carbocycles. The van der Waals surface area contributed by atoms with Gasteiger partial charge in [-0.2, -0.15) is 0 Å². The lowest BCUT2D eigenvalue weighted by atomic mass is 9.43. The maximum Gasteiger partial charge on any atom is 0.0543 e. The predicted octanol–water partition coefficient (Wildman–Crippen LogP) is 12.4. The van der Waals surface area contributed by atoms with Crippen LogP contribution in [-0.2, 0) is 16.2 Å². The van der Waals surface area contributed by atoms with Gasteiger partial charge in [-0.1, -0.05) is 107 Å². The number of nitrogens with zero attached hydrogens (tertiary/aromatic N) is 1. The Labute approximate surface area is 281 Å². The summed E-state index contributed by atoms with van der Waals surface area (Å²) in [6.45, 7) is 9.88. The van der Waals surface area contributed by atoms with E-state index >= 15 is 0 Å². The van der Waals surface area contributed by atoms with Crippen molar-refractivity contribution in [3.8, 4) is 11.1 Å². The van der Waals surface area contributed by atoms with Crippen LogP contribution in [0.1, 0.15) is 94.9 Å². The topological polar surface area (TPSA) is 3.24 Å². The van der Waals surface area contributed by atoms with Crippen LogP contribution >= 0.6 is 0 Å². The molecule has 4 fully saturated rings. The molecule has 5 aromatic carbocycles. The van der Waals surface area contributed by atoms with Crippen LogP contribution in [0.15, 0.2) is 103 Å². The fourth-order valence-corrected chi connectivity index (χ4v) is 12.0. The summed E-state index contributed by atoms with van der Waals surface area (Å²) in [7, 11) is 0. The Morgan fingerprint density at radius 1 is 0.532 bits per heavy atom. The Balaban J connectivity index is 1.28. The number of anilines is 3. The zero-order chi connectivity index (χ0) is 31.7. The van der Waals surface area contributed by atoms with Crippen molar-refractivity contribution in [2.75, 3.05) is 4.90 Å². The van der Waals surface area contributed by atoms with Crippen molar-refractivity contribution in [2.45, 2.75) is 88.9 Å². The van der Waals surface area contributed by atoms with Gasteiger partial charge in [0.2, 0.25) is 0 Å². The first-order valence-corrected chi connectivity index (χ1v) is 18.4. The Kier molecular flexibility index (Phi) is 5.77. The van der Waals surface area contributed by atoms with Gasteiger partial charge in [-0.3, -0.25) is 0 Å². The second kappa shape index (κ2) is 9.62. The highest BCUT2D eigenvalue weighted by Crippen LogP contribution is 2.70. The number of benzene rings is 5. The zero-order valence-electron chi connectivity index (χ0n) is 28.5. The molecule has 11 rings (SSSR count). The summed E-state index contributed by atoms with van der Waals surface area (Å²) in [6.07, 6.45) is 9.54. The van der Waals surface area contributed by atoms with Crippen molar-refractivity contribution in [1.82, 2.24) is 0 Å². The van der Waals surface area contributed by atoms with Gasteiger partial charge in [0.05, 0.1) is 11.4 Å². The van der Waals surface area contributed by atoms with Gasteiger partial charge in [0, 0.05) is 16.7 Å². The first kappa shape index (κ1) is 28.2. The van der Waals surface area contributed by atoms with E-state index in [1.54, 1.807) is 11.1 Å². The second-order valence-electron chi connectivity index (χ2n) is 17.3. The smallest absolute Gasteiger partial charge is 0.0543 e. The molecule has 1 spiro atoms. The number of rotatable bonds is 3. The van der Waals surface area contributed by atoms with Gasteiger partial charge in [-0.05, 0) is 142 Å². The third kappa shape index (κ3) is 3.78. The molecule has 1 heteroatoms. The third-order valence-electron chi connectivity index (χ3n) is 13.9. The quantitative estimate of drug-likeness (QED) is 0.196. The van der Waals surface area contributed by atoms with E-state index in [9.17, 15) is 0 Å². The van der Waals surface area contributed by atoms with Gasteiger partial charge in [-0.15, -0.1) is 0 Å². The minimum atomic E-state index is 0.0784. The average Bonchev–Trinajstić information content (AvgIpc) is 3.37. The summed E-state index contributed by atoms with van der Waals surface area (Å²) in [5.41, 5.74) is 13.6. The molecule has 6 aliphatic rings. The third-order valence-corrected chi connectivity index (χ3v) is 13.9. The van der Waals surface area contributed by atoms with Crippen LogP contribution in [0.4, 0.5) is 17.1 Å². The highest BCUT2D eigenvalue weighted by Gasteiger charge is 2.62. The first-order chi connectivity index (χ1) is 22.8. The Morgan fingerprint density at radius 3 is 1.91 bits per heavy atom. The van der Waals surface area contributed by atoms with E-state index in [1.165, 1.54) is 95.0 Å². The first-order valence-electron chi connectivity index (χ1n) is 18.4. The zero-order valence-corrected chi connectivity index (χ0v) is 28.5. The van der Waals surface area contributed by atoms with E-state index in [0.29, 0.717) is 0 Å². The summed E-state index contributed by atoms with van der Waals surface area (Å²) < 4.78 is 0. The van der Waals surface area contributed by atoms with Crippen molar-refractivity contribution in [3.05, 3.63) is 125 Å². The van der Waals surface area contributed by atoms with Crippen molar-refractivity contribution >= 4 is 27.8 Å². The van der Waals surface area contributed by atoms with E-state index in [2.05, 4.69) is 136 Å². The minimum Gasteiger partial charge on any atom is -0.310 e. The van der Waals surface area contributed by atoms with Crippen molar-refractivity contribution in [2.24, 2.45) is 23.7 Å². The van der Waals surface area contributed by atoms with Gasteiger partial charge >= 0.3 is 0 Å². The molecule has 0 aromatic heterocycles. The van der Waals surface area contributed by atoms with E-state index < -0.39 is 0 Å². The van der Waals surface area contributed by atoms with Gasteiger partial charge < -0.3 is 4.90 Å². The molecule has 0 saturated heterocycles. The van der Waals surface area contributed by atoms with Crippen molar-refractivity contribution < 1.29 is 0 Å². The molecule has 4 saturated carbocycles. The average molecular weight is 614 g/mol. The fraction of sp³-hybridized carbons (Fsp3) is 0.391. The molecule has 0 amide bonds. The second-order valence-corrected chi connectivity index (χ2v) is 17.3. The van der Waals surface area contributed by atoms with E-state index in [0.717, 1.165) is 23.7 Å². The lowest BCUT2D eigenvalue weighted by Crippen LogP contribution is -2.55. The number of hydrogen-bond donors (Lipinski definition) is 0. The highest BCUT2D eigenvalue weighted by atomic mass is 15.2. The summed E-state index contributed by atoms with van der Waals surface area (Å²) >= 11 is 0. The van der Waals surface area contributed by atoms with Crippen LogP contribution in [0.5, 0.6) is 0 Å². The van der Waals surface area contributed by atoms with Crippen LogP contribution in [0, 0.1) is 23.7 Å². The standard InChI is InChI=1S/C46H47N/c1-44(2)21-22-45(3,4)43-39(44)16-10-18-41(43)47(35-20-19-31-11-5-6-12-32(31)28-35)40-17-9-15-38-42(40)36-13-7-8-14-37(36)46(38)33-24-29-23-30(26-33)27-34(46)25-29/h5-20,28-30,33-34H,21-27H2,1-4H3. The SMILES string of the molecule is CC1(C)CCC(C)(C)c2c(N(c3ccc4ccccc4c3)c3cccc4c3-c3ccccc3C43C4CC5CC(C4)CC3C5)cccc21. The number of hydrogen-bond acceptors (Lipinski definition) is 1. The molecule has 47 heavy (non-hydrogen) atoms. The molecule has 5 aromatic rings. The monoisotopic (exact) mass is 613 g/mol. The molecular weight excluding hydrogens is 567 g/mol. The summed E-state index contributed by atoms with van der Waals surface area (Å²) in [5, 5.41) is 2.59. The lowest BCUT2D eigenvalue weighted by Gasteiger charge is -2.61. The van der Waals surface area contributed by atoms with E-state index in [1.807, 2.05) is 0 Å². The Bertz CT molecular complexity index is 2050. The lowest BCUT2D eigenvalue weighted by molar-refractivity contribution is -0.0399. The van der Waals surface area contributed by atoms with E-state index in [4.69, 9.17) is 0 Å². The molecule has 0 radical (unpaired) electrons. The minimum absolute atomic E-state index is 0.0784. The van der Waals surface area contributed by atoms with Gasteiger partial charge in [0.25, 0.3) is 0 Å². The molecule has 236 valence electrons. The number of fused-ring (bicyclic) bond motifs is 5. The normalized spacial score (nSPS) is 28.7. The summed E-state index contributed by atoms with van der Waals surface area (Å²) in [5.74, 6) is 3.40. The van der Waals surface area contributed by atoms with Gasteiger partial charge in [-0.25, -0.2) is 0 Å². The van der Waals surface area contributed by atoms with Crippen LogP contribution < -0.4 is 4.90 Å². The molecular formula is C46H47N. The van der Waals surface area contributed by atoms with Crippen LogP contribution in [0.2, 0.25) is 0 Å². The molecule has 0 heterocycles. The Morgan fingerprint density at radius 2 is 1.15 bits per heavy atom. The molecule has 0 N–H and O–H groups in total. The van der Waals surface area contributed by atoms with Crippen LogP contribution in [0.25, 0.3) is 21.9 Å².